The molecule has 0 unspecified atom stereocenters. The monoisotopic (exact) mass is 261 g/mol. The molecule has 0 radical (unpaired) electrons. The lowest BCUT2D eigenvalue weighted by Crippen LogP contribution is -2.19. The van der Waals surface area contributed by atoms with Gasteiger partial charge in [0.25, 0.3) is 0 Å². The summed E-state index contributed by atoms with van der Waals surface area (Å²) in [5.41, 5.74) is 5.14. The minimum Gasteiger partial charge on any atom is -0.296 e. The average Bonchev–Trinajstić information content (AvgIpc) is 2.51. The van der Waals surface area contributed by atoms with E-state index in [1.165, 1.54) is 11.1 Å². The summed E-state index contributed by atoms with van der Waals surface area (Å²) in [7, 11) is 0. The highest BCUT2D eigenvalue weighted by molar-refractivity contribution is 6.39. The summed E-state index contributed by atoms with van der Waals surface area (Å²) in [4.78, 5) is 15.4. The fraction of sp³-hybridized carbons (Fsp3) is 0.111. The van der Waals surface area contributed by atoms with Crippen LogP contribution in [0.4, 0.5) is 0 Å². The molecule has 0 fully saturated rings. The Bertz CT molecular complexity index is 669. The van der Waals surface area contributed by atoms with E-state index in [4.69, 9.17) is 0 Å². The van der Waals surface area contributed by atoms with Crippen molar-refractivity contribution in [3.63, 3.8) is 0 Å². The van der Waals surface area contributed by atoms with Crippen molar-refractivity contribution in [3.05, 3.63) is 83.1 Å². The Hall–Kier alpha value is -2.48. The SMILES string of the molecule is O=CC1=NC(Cc2ccccc2)=C1Cc1ccccc1. The van der Waals surface area contributed by atoms with Gasteiger partial charge in [-0.2, -0.15) is 0 Å². The van der Waals surface area contributed by atoms with E-state index in [9.17, 15) is 4.79 Å². The standard InChI is InChI=1S/C18H15NO/c20-13-18-16(11-14-7-3-1-4-8-14)17(19-18)12-15-9-5-2-6-10-15/h1-10,13H,11-12H2. The van der Waals surface area contributed by atoms with E-state index in [2.05, 4.69) is 29.3 Å². The van der Waals surface area contributed by atoms with Gasteiger partial charge in [-0.05, 0) is 11.1 Å². The molecule has 3 rings (SSSR count). The molecule has 0 aliphatic carbocycles. The molecule has 0 aromatic heterocycles. The van der Waals surface area contributed by atoms with Crippen molar-refractivity contribution < 1.29 is 4.79 Å². The van der Waals surface area contributed by atoms with Gasteiger partial charge in [0.05, 0.1) is 5.70 Å². The summed E-state index contributed by atoms with van der Waals surface area (Å²) in [6, 6.07) is 20.4. The van der Waals surface area contributed by atoms with Crippen LogP contribution in [0.2, 0.25) is 0 Å². The molecular formula is C18H15NO. The van der Waals surface area contributed by atoms with Crippen LogP contribution in [0.15, 0.2) is 76.9 Å². The molecule has 20 heavy (non-hydrogen) atoms. The maximum absolute atomic E-state index is 11.0. The highest BCUT2D eigenvalue weighted by Crippen LogP contribution is 2.26. The molecule has 0 spiro atoms. The lowest BCUT2D eigenvalue weighted by atomic mass is 9.92. The normalized spacial score (nSPS) is 13.7. The van der Waals surface area contributed by atoms with Gasteiger partial charge in [-0.25, -0.2) is 4.99 Å². The highest BCUT2D eigenvalue weighted by atomic mass is 16.1. The van der Waals surface area contributed by atoms with Crippen molar-refractivity contribution in [2.75, 3.05) is 0 Å². The van der Waals surface area contributed by atoms with Crippen LogP contribution in [0.3, 0.4) is 0 Å². The summed E-state index contributed by atoms with van der Waals surface area (Å²) >= 11 is 0. The zero-order valence-electron chi connectivity index (χ0n) is 11.1. The second-order valence-electron chi connectivity index (χ2n) is 4.86. The first-order valence-electron chi connectivity index (χ1n) is 6.71. The number of aldehydes is 1. The molecule has 0 bridgehead atoms. The zero-order chi connectivity index (χ0) is 13.8. The van der Waals surface area contributed by atoms with E-state index >= 15 is 0 Å². The molecule has 1 aliphatic heterocycles. The van der Waals surface area contributed by atoms with Gasteiger partial charge in [-0.1, -0.05) is 60.7 Å². The first-order valence-corrected chi connectivity index (χ1v) is 6.71. The lowest BCUT2D eigenvalue weighted by Gasteiger charge is -2.20. The molecule has 1 aliphatic rings. The summed E-state index contributed by atoms with van der Waals surface area (Å²) in [5, 5.41) is 0. The van der Waals surface area contributed by atoms with E-state index < -0.39 is 0 Å². The third-order valence-electron chi connectivity index (χ3n) is 3.46. The molecule has 1 heterocycles. The third kappa shape index (κ3) is 2.59. The van der Waals surface area contributed by atoms with Crippen molar-refractivity contribution in [3.8, 4) is 0 Å². The molecule has 2 nitrogen and oxygen atoms in total. The van der Waals surface area contributed by atoms with Gasteiger partial charge in [0, 0.05) is 18.4 Å². The Labute approximate surface area is 118 Å². The smallest absolute Gasteiger partial charge is 0.168 e. The predicted octanol–water partition coefficient (Wildman–Crippen LogP) is 3.38. The number of carbonyl (C=O) groups excluding carboxylic acids is 1. The molecule has 98 valence electrons. The molecular weight excluding hydrogens is 246 g/mol. The largest absolute Gasteiger partial charge is 0.296 e. The maximum Gasteiger partial charge on any atom is 0.168 e. The van der Waals surface area contributed by atoms with Gasteiger partial charge in [-0.15, -0.1) is 0 Å². The topological polar surface area (TPSA) is 29.4 Å². The van der Waals surface area contributed by atoms with Crippen molar-refractivity contribution in [1.82, 2.24) is 0 Å². The number of allylic oxidation sites excluding steroid dienone is 2. The summed E-state index contributed by atoms with van der Waals surface area (Å²) in [6.07, 6.45) is 2.42. The van der Waals surface area contributed by atoms with Crippen molar-refractivity contribution >= 4 is 12.0 Å². The van der Waals surface area contributed by atoms with E-state index in [0.29, 0.717) is 5.71 Å². The van der Waals surface area contributed by atoms with Gasteiger partial charge in [0.2, 0.25) is 0 Å². The Morgan fingerprint density at radius 1 is 0.800 bits per heavy atom. The minimum atomic E-state index is 0.597. The van der Waals surface area contributed by atoms with Crippen LogP contribution < -0.4 is 0 Å². The Morgan fingerprint density at radius 3 is 1.90 bits per heavy atom. The predicted molar refractivity (Wildman–Crippen MR) is 80.8 cm³/mol. The van der Waals surface area contributed by atoms with Gasteiger partial charge < -0.3 is 0 Å². The van der Waals surface area contributed by atoms with Crippen LogP contribution in [0.25, 0.3) is 0 Å². The maximum atomic E-state index is 11.0. The second kappa shape index (κ2) is 5.66. The van der Waals surface area contributed by atoms with Gasteiger partial charge in [-0.3, -0.25) is 4.79 Å². The molecule has 0 saturated heterocycles. The number of nitrogens with zero attached hydrogens (tertiary/aromatic N) is 1. The van der Waals surface area contributed by atoms with Crippen LogP contribution in [0, 0.1) is 0 Å². The van der Waals surface area contributed by atoms with Crippen LogP contribution >= 0.6 is 0 Å². The number of benzene rings is 2. The van der Waals surface area contributed by atoms with Crippen molar-refractivity contribution in [2.45, 2.75) is 12.8 Å². The quantitative estimate of drug-likeness (QED) is 0.759. The van der Waals surface area contributed by atoms with E-state index in [1.54, 1.807) is 0 Å². The Balaban J connectivity index is 1.80. The number of hydrogen-bond acceptors (Lipinski definition) is 2. The van der Waals surface area contributed by atoms with E-state index in [1.807, 2.05) is 36.4 Å². The van der Waals surface area contributed by atoms with Crippen molar-refractivity contribution in [1.29, 1.82) is 0 Å². The molecule has 0 N–H and O–H groups in total. The molecule has 2 aromatic carbocycles. The summed E-state index contributed by atoms with van der Waals surface area (Å²) < 4.78 is 0. The fourth-order valence-corrected chi connectivity index (χ4v) is 2.40. The number of hydrogen-bond donors (Lipinski definition) is 0. The molecule has 0 amide bonds. The van der Waals surface area contributed by atoms with Crippen LogP contribution in [0.5, 0.6) is 0 Å². The van der Waals surface area contributed by atoms with Gasteiger partial charge in [0.1, 0.15) is 5.71 Å². The summed E-state index contributed by atoms with van der Waals surface area (Å²) in [5.74, 6) is 0. The Morgan fingerprint density at radius 2 is 1.35 bits per heavy atom. The summed E-state index contributed by atoms with van der Waals surface area (Å²) in [6.45, 7) is 0. The number of rotatable bonds is 5. The molecule has 0 saturated carbocycles. The second-order valence-corrected chi connectivity index (χ2v) is 4.86. The third-order valence-corrected chi connectivity index (χ3v) is 3.46. The molecule has 2 aromatic rings. The average molecular weight is 261 g/mol. The Kier molecular flexibility index (Phi) is 3.55. The van der Waals surface area contributed by atoms with Crippen LogP contribution in [-0.2, 0) is 17.6 Å². The first kappa shape index (κ1) is 12.5. The lowest BCUT2D eigenvalue weighted by molar-refractivity contribution is -0.102. The van der Waals surface area contributed by atoms with Crippen LogP contribution in [0.1, 0.15) is 11.1 Å². The molecule has 2 heteroatoms. The van der Waals surface area contributed by atoms with Crippen LogP contribution in [-0.4, -0.2) is 12.0 Å². The number of carbonyl (C=O) groups is 1. The van der Waals surface area contributed by atoms with Gasteiger partial charge >= 0.3 is 0 Å². The fourth-order valence-electron chi connectivity index (χ4n) is 2.40. The highest BCUT2D eigenvalue weighted by Gasteiger charge is 2.22. The minimum absolute atomic E-state index is 0.597. The number of aliphatic imine (C=N–C) groups is 1. The molecule has 0 atom stereocenters. The zero-order valence-corrected chi connectivity index (χ0v) is 11.1. The van der Waals surface area contributed by atoms with Gasteiger partial charge in [0.15, 0.2) is 6.29 Å². The van der Waals surface area contributed by atoms with E-state index in [-0.39, 0.29) is 0 Å². The first-order chi connectivity index (χ1) is 9.86. The van der Waals surface area contributed by atoms with E-state index in [0.717, 1.165) is 30.4 Å². The van der Waals surface area contributed by atoms with Crippen molar-refractivity contribution in [2.24, 2.45) is 4.99 Å².